The summed E-state index contributed by atoms with van der Waals surface area (Å²) in [6, 6.07) is 7.71. The molecule has 1 unspecified atom stereocenters. The third-order valence-electron chi connectivity index (χ3n) is 4.25. The van der Waals surface area contributed by atoms with E-state index in [0.717, 1.165) is 0 Å². The van der Waals surface area contributed by atoms with Crippen LogP contribution in [-0.2, 0) is 0 Å². The smallest absolute Gasteiger partial charge is 0.179 e. The Balaban J connectivity index is 2.05. The van der Waals surface area contributed by atoms with Crippen LogP contribution in [-0.4, -0.2) is 29.8 Å². The minimum absolute atomic E-state index is 0.0819. The van der Waals surface area contributed by atoms with Crippen LogP contribution < -0.4 is 0 Å². The van der Waals surface area contributed by atoms with E-state index in [1.165, 1.54) is 32.1 Å². The van der Waals surface area contributed by atoms with Crippen molar-refractivity contribution < 1.29 is 4.79 Å². The van der Waals surface area contributed by atoms with E-state index in [1.807, 2.05) is 19.1 Å². The summed E-state index contributed by atoms with van der Waals surface area (Å²) in [5, 5.41) is 0.623. The monoisotopic (exact) mass is 279 g/mol. The molecule has 1 fully saturated rings. The average Bonchev–Trinajstić information content (AvgIpc) is 2.46. The van der Waals surface area contributed by atoms with E-state index in [1.54, 1.807) is 12.1 Å². The third-order valence-corrected chi connectivity index (χ3v) is 4.49. The summed E-state index contributed by atoms with van der Waals surface area (Å²) >= 11 is 5.96. The predicted molar refractivity (Wildman–Crippen MR) is 79.9 cm³/mol. The minimum Gasteiger partial charge on any atom is -0.294 e. The lowest BCUT2D eigenvalue weighted by atomic mass is 9.92. The minimum atomic E-state index is -0.0819. The summed E-state index contributed by atoms with van der Waals surface area (Å²) in [6.07, 6.45) is 6.33. The molecule has 0 aromatic heterocycles. The summed E-state index contributed by atoms with van der Waals surface area (Å²) in [5.41, 5.74) is 0.711. The van der Waals surface area contributed by atoms with Crippen molar-refractivity contribution in [2.24, 2.45) is 0 Å². The van der Waals surface area contributed by atoms with Crippen LogP contribution in [0.25, 0.3) is 0 Å². The van der Waals surface area contributed by atoms with Crippen LogP contribution in [0.5, 0.6) is 0 Å². The number of rotatable bonds is 4. The Hall–Kier alpha value is -0.860. The van der Waals surface area contributed by atoms with Gasteiger partial charge in [0.1, 0.15) is 0 Å². The van der Waals surface area contributed by atoms with Crippen molar-refractivity contribution in [3.05, 3.63) is 34.9 Å². The highest BCUT2D eigenvalue weighted by Gasteiger charge is 2.26. The Bertz CT molecular complexity index is 440. The van der Waals surface area contributed by atoms with E-state index in [2.05, 4.69) is 11.9 Å². The van der Waals surface area contributed by atoms with Gasteiger partial charge in [0, 0.05) is 16.6 Å². The number of ketones is 1. The fourth-order valence-electron chi connectivity index (χ4n) is 2.87. The maximum absolute atomic E-state index is 12.5. The number of hydrogen-bond acceptors (Lipinski definition) is 2. The molecule has 0 spiro atoms. The first-order chi connectivity index (χ1) is 9.09. The summed E-state index contributed by atoms with van der Waals surface area (Å²) < 4.78 is 0. The first kappa shape index (κ1) is 14.5. The Morgan fingerprint density at radius 2 is 2.00 bits per heavy atom. The molecule has 1 aromatic carbocycles. The van der Waals surface area contributed by atoms with Crippen LogP contribution in [0.4, 0.5) is 0 Å². The third kappa shape index (κ3) is 3.58. The fraction of sp³-hybridized carbons (Fsp3) is 0.562. The second-order valence-corrected chi connectivity index (χ2v) is 5.94. The number of Topliss-reactive ketones (excluding diaryl/α,β-unsaturated/α-hetero) is 1. The molecule has 1 aliphatic carbocycles. The second-order valence-electron chi connectivity index (χ2n) is 5.51. The van der Waals surface area contributed by atoms with Crippen LogP contribution in [0.3, 0.4) is 0 Å². The maximum atomic E-state index is 12.5. The first-order valence-electron chi connectivity index (χ1n) is 7.11. The van der Waals surface area contributed by atoms with Crippen LogP contribution >= 0.6 is 11.6 Å². The van der Waals surface area contributed by atoms with Gasteiger partial charge in [-0.25, -0.2) is 0 Å². The molecule has 0 amide bonds. The molecule has 104 valence electrons. The summed E-state index contributed by atoms with van der Waals surface area (Å²) in [5.74, 6) is 0.163. The van der Waals surface area contributed by atoms with E-state index < -0.39 is 0 Å². The second kappa shape index (κ2) is 6.53. The molecule has 0 bridgehead atoms. The van der Waals surface area contributed by atoms with E-state index in [-0.39, 0.29) is 11.8 Å². The molecule has 0 N–H and O–H groups in total. The van der Waals surface area contributed by atoms with Crippen LogP contribution in [0.2, 0.25) is 5.02 Å². The molecule has 19 heavy (non-hydrogen) atoms. The summed E-state index contributed by atoms with van der Waals surface area (Å²) in [7, 11) is 2.07. The molecule has 2 rings (SSSR count). The Morgan fingerprint density at radius 3 is 2.63 bits per heavy atom. The predicted octanol–water partition coefficient (Wildman–Crippen LogP) is 4.18. The van der Waals surface area contributed by atoms with Crippen LogP contribution in [0, 0.1) is 0 Å². The largest absolute Gasteiger partial charge is 0.294 e. The highest BCUT2D eigenvalue weighted by Crippen LogP contribution is 2.24. The zero-order chi connectivity index (χ0) is 13.8. The van der Waals surface area contributed by atoms with Crippen molar-refractivity contribution in [1.29, 1.82) is 0 Å². The lowest BCUT2D eigenvalue weighted by Crippen LogP contribution is -2.43. The highest BCUT2D eigenvalue weighted by molar-refractivity contribution is 6.31. The lowest BCUT2D eigenvalue weighted by molar-refractivity contribution is 0.0778. The molecule has 1 saturated carbocycles. The zero-order valence-corrected chi connectivity index (χ0v) is 12.5. The molecule has 1 aliphatic rings. The van der Waals surface area contributed by atoms with Gasteiger partial charge in [0.05, 0.1) is 6.04 Å². The Labute approximate surface area is 120 Å². The van der Waals surface area contributed by atoms with E-state index in [0.29, 0.717) is 16.6 Å². The van der Waals surface area contributed by atoms with Crippen molar-refractivity contribution in [3.63, 3.8) is 0 Å². The molecule has 0 heterocycles. The highest BCUT2D eigenvalue weighted by atomic mass is 35.5. The van der Waals surface area contributed by atoms with Gasteiger partial charge in [-0.15, -0.1) is 0 Å². The maximum Gasteiger partial charge on any atom is 0.179 e. The number of benzene rings is 1. The standard InChI is InChI=1S/C16H22ClNO/c1-12(18(2)15-9-4-3-5-10-15)16(19)13-7-6-8-14(17)11-13/h6-8,11-12,15H,3-5,9-10H2,1-2H3. The number of likely N-dealkylation sites (N-methyl/N-ethyl adjacent to an activating group) is 1. The topological polar surface area (TPSA) is 20.3 Å². The van der Waals surface area contributed by atoms with E-state index in [9.17, 15) is 4.79 Å². The lowest BCUT2D eigenvalue weighted by Gasteiger charge is -2.34. The number of carbonyl (C=O) groups excluding carboxylic acids is 1. The van der Waals surface area contributed by atoms with Gasteiger partial charge in [-0.1, -0.05) is 43.0 Å². The summed E-state index contributed by atoms with van der Waals surface area (Å²) in [4.78, 5) is 14.7. The quantitative estimate of drug-likeness (QED) is 0.771. The average molecular weight is 280 g/mol. The molecular weight excluding hydrogens is 258 g/mol. The van der Waals surface area contributed by atoms with Crippen molar-refractivity contribution in [1.82, 2.24) is 4.90 Å². The number of hydrogen-bond donors (Lipinski definition) is 0. The molecular formula is C16H22ClNO. The van der Waals surface area contributed by atoms with Crippen molar-refractivity contribution in [2.75, 3.05) is 7.05 Å². The number of halogens is 1. The van der Waals surface area contributed by atoms with Gasteiger partial charge >= 0.3 is 0 Å². The Kier molecular flexibility index (Phi) is 5.00. The van der Waals surface area contributed by atoms with Gasteiger partial charge in [0.15, 0.2) is 5.78 Å². The van der Waals surface area contributed by atoms with Crippen molar-refractivity contribution >= 4 is 17.4 Å². The zero-order valence-electron chi connectivity index (χ0n) is 11.7. The van der Waals surface area contributed by atoms with Crippen LogP contribution in [0.1, 0.15) is 49.4 Å². The number of nitrogens with zero attached hydrogens (tertiary/aromatic N) is 1. The molecule has 2 nitrogen and oxygen atoms in total. The molecule has 0 radical (unpaired) electrons. The van der Waals surface area contributed by atoms with Gasteiger partial charge in [0.25, 0.3) is 0 Å². The Morgan fingerprint density at radius 1 is 1.32 bits per heavy atom. The van der Waals surface area contributed by atoms with Crippen LogP contribution in [0.15, 0.2) is 24.3 Å². The van der Waals surface area contributed by atoms with Gasteiger partial charge in [0.2, 0.25) is 0 Å². The summed E-state index contributed by atoms with van der Waals surface area (Å²) in [6.45, 7) is 2.00. The normalized spacial score (nSPS) is 18.5. The first-order valence-corrected chi connectivity index (χ1v) is 7.49. The molecule has 1 aromatic rings. The molecule has 3 heteroatoms. The molecule has 1 atom stereocenters. The fourth-order valence-corrected chi connectivity index (χ4v) is 3.06. The SMILES string of the molecule is CC(C(=O)c1cccc(Cl)c1)N(C)C1CCCCC1. The molecule has 0 saturated heterocycles. The van der Waals surface area contributed by atoms with Gasteiger partial charge in [-0.3, -0.25) is 9.69 Å². The van der Waals surface area contributed by atoms with Crippen molar-refractivity contribution in [2.45, 2.75) is 51.1 Å². The van der Waals surface area contributed by atoms with Gasteiger partial charge in [-0.05, 0) is 38.9 Å². The molecule has 0 aliphatic heterocycles. The van der Waals surface area contributed by atoms with E-state index >= 15 is 0 Å². The number of carbonyl (C=O) groups is 1. The van der Waals surface area contributed by atoms with Gasteiger partial charge in [-0.2, -0.15) is 0 Å². The van der Waals surface area contributed by atoms with Gasteiger partial charge < -0.3 is 0 Å². The van der Waals surface area contributed by atoms with Crippen molar-refractivity contribution in [3.8, 4) is 0 Å². The van der Waals surface area contributed by atoms with E-state index in [4.69, 9.17) is 11.6 Å².